The fraction of sp³-hybridized carbons (Fsp3) is 0.286. The number of anilines is 1. The van der Waals surface area contributed by atoms with Crippen LogP contribution in [-0.2, 0) is 6.42 Å². The van der Waals surface area contributed by atoms with Crippen LogP contribution >= 0.6 is 11.6 Å². The summed E-state index contributed by atoms with van der Waals surface area (Å²) in [6.45, 7) is 4.97. The maximum atomic E-state index is 6.00. The zero-order chi connectivity index (χ0) is 13.0. The first kappa shape index (κ1) is 12.8. The highest BCUT2D eigenvalue weighted by atomic mass is 35.5. The second-order valence-electron chi connectivity index (χ2n) is 3.96. The third-order valence-electron chi connectivity index (χ3n) is 2.58. The van der Waals surface area contributed by atoms with Gasteiger partial charge in [-0.2, -0.15) is 0 Å². The van der Waals surface area contributed by atoms with Gasteiger partial charge in [-0.3, -0.25) is 0 Å². The van der Waals surface area contributed by atoms with Crippen LogP contribution in [-0.4, -0.2) is 16.5 Å². The Morgan fingerprint density at radius 3 is 2.67 bits per heavy atom. The lowest BCUT2D eigenvalue weighted by Gasteiger charge is -2.08. The first-order chi connectivity index (χ1) is 8.72. The topological polar surface area (TPSA) is 37.8 Å². The van der Waals surface area contributed by atoms with Gasteiger partial charge in [0.2, 0.25) is 0 Å². The Hall–Kier alpha value is -1.61. The van der Waals surface area contributed by atoms with Crippen LogP contribution in [0, 0.1) is 0 Å². The molecule has 0 fully saturated rings. The molecule has 0 bridgehead atoms. The van der Waals surface area contributed by atoms with Crippen molar-refractivity contribution in [3.63, 3.8) is 0 Å². The van der Waals surface area contributed by atoms with Gasteiger partial charge in [0.1, 0.15) is 5.82 Å². The van der Waals surface area contributed by atoms with E-state index in [9.17, 15) is 0 Å². The maximum Gasteiger partial charge on any atom is 0.161 e. The highest BCUT2D eigenvalue weighted by Gasteiger charge is 2.06. The summed E-state index contributed by atoms with van der Waals surface area (Å²) < 4.78 is 0. The third-order valence-corrected chi connectivity index (χ3v) is 2.82. The molecule has 0 aliphatic carbocycles. The summed E-state index contributed by atoms with van der Waals surface area (Å²) in [5.41, 5.74) is 1.97. The number of benzene rings is 1. The molecule has 0 spiro atoms. The number of halogens is 1. The van der Waals surface area contributed by atoms with Crippen LogP contribution in [0.25, 0.3) is 11.4 Å². The molecular weight excluding hydrogens is 246 g/mol. The molecule has 1 N–H and O–H groups in total. The molecule has 2 aromatic rings. The standard InChI is InChI=1S/C14H16ClN3/c1-3-12-9-13(16-4-2)18-14(17-12)10-6-5-7-11(15)8-10/h5-9H,3-4H2,1-2H3,(H,16,17,18). The largest absolute Gasteiger partial charge is 0.370 e. The Bertz CT molecular complexity index is 540. The molecule has 1 aromatic heterocycles. The van der Waals surface area contributed by atoms with Crippen molar-refractivity contribution >= 4 is 17.4 Å². The fourth-order valence-corrected chi connectivity index (χ4v) is 1.90. The molecule has 0 atom stereocenters. The van der Waals surface area contributed by atoms with Crippen molar-refractivity contribution < 1.29 is 0 Å². The summed E-state index contributed by atoms with van der Waals surface area (Å²) >= 11 is 6.00. The molecule has 0 aliphatic rings. The van der Waals surface area contributed by atoms with Gasteiger partial charge in [-0.15, -0.1) is 0 Å². The van der Waals surface area contributed by atoms with E-state index in [0.717, 1.165) is 30.0 Å². The van der Waals surface area contributed by atoms with E-state index in [0.29, 0.717) is 10.8 Å². The van der Waals surface area contributed by atoms with Gasteiger partial charge in [-0.1, -0.05) is 30.7 Å². The lowest BCUT2D eigenvalue weighted by atomic mass is 10.2. The predicted octanol–water partition coefficient (Wildman–Crippen LogP) is 3.79. The number of hydrogen-bond acceptors (Lipinski definition) is 3. The summed E-state index contributed by atoms with van der Waals surface area (Å²) in [5.74, 6) is 1.58. The Kier molecular flexibility index (Phi) is 4.15. The second-order valence-corrected chi connectivity index (χ2v) is 4.40. The Morgan fingerprint density at radius 1 is 1.17 bits per heavy atom. The van der Waals surface area contributed by atoms with Gasteiger partial charge >= 0.3 is 0 Å². The van der Waals surface area contributed by atoms with Crippen LogP contribution in [0.4, 0.5) is 5.82 Å². The van der Waals surface area contributed by atoms with Crippen LogP contribution in [0.1, 0.15) is 19.5 Å². The highest BCUT2D eigenvalue weighted by molar-refractivity contribution is 6.30. The quantitative estimate of drug-likeness (QED) is 0.910. The van der Waals surface area contributed by atoms with Gasteiger partial charge in [0, 0.05) is 28.9 Å². The molecule has 0 saturated heterocycles. The number of nitrogens with one attached hydrogen (secondary N) is 1. The molecule has 3 nitrogen and oxygen atoms in total. The average molecular weight is 262 g/mol. The van der Waals surface area contributed by atoms with Gasteiger partial charge < -0.3 is 5.32 Å². The molecule has 0 radical (unpaired) electrons. The molecule has 0 unspecified atom stereocenters. The number of aromatic nitrogens is 2. The molecule has 1 heterocycles. The molecule has 94 valence electrons. The van der Waals surface area contributed by atoms with Crippen molar-refractivity contribution in [2.24, 2.45) is 0 Å². The van der Waals surface area contributed by atoms with Gasteiger partial charge in [0.25, 0.3) is 0 Å². The lowest BCUT2D eigenvalue weighted by molar-refractivity contribution is 0.998. The lowest BCUT2D eigenvalue weighted by Crippen LogP contribution is -2.03. The predicted molar refractivity (Wildman–Crippen MR) is 76.0 cm³/mol. The van der Waals surface area contributed by atoms with Gasteiger partial charge in [-0.25, -0.2) is 9.97 Å². The molecule has 18 heavy (non-hydrogen) atoms. The first-order valence-corrected chi connectivity index (χ1v) is 6.48. The zero-order valence-electron chi connectivity index (χ0n) is 10.6. The number of rotatable bonds is 4. The highest BCUT2D eigenvalue weighted by Crippen LogP contribution is 2.21. The molecule has 0 amide bonds. The average Bonchev–Trinajstić information content (AvgIpc) is 2.39. The van der Waals surface area contributed by atoms with Gasteiger partial charge in [0.05, 0.1) is 0 Å². The van der Waals surface area contributed by atoms with E-state index in [1.54, 1.807) is 0 Å². The van der Waals surface area contributed by atoms with Crippen LogP contribution in [0.2, 0.25) is 5.02 Å². The summed E-state index contributed by atoms with van der Waals surface area (Å²) in [6, 6.07) is 9.59. The van der Waals surface area contributed by atoms with Crippen molar-refractivity contribution in [2.45, 2.75) is 20.3 Å². The first-order valence-electron chi connectivity index (χ1n) is 6.10. The van der Waals surface area contributed by atoms with E-state index in [-0.39, 0.29) is 0 Å². The van der Waals surface area contributed by atoms with Crippen molar-refractivity contribution in [3.8, 4) is 11.4 Å². The minimum atomic E-state index is 0.697. The Morgan fingerprint density at radius 2 is 2.00 bits per heavy atom. The molecular formula is C14H16ClN3. The maximum absolute atomic E-state index is 6.00. The molecule has 0 saturated carbocycles. The van der Waals surface area contributed by atoms with E-state index in [1.165, 1.54) is 0 Å². The third kappa shape index (κ3) is 2.99. The van der Waals surface area contributed by atoms with Gasteiger partial charge in [-0.05, 0) is 25.5 Å². The Labute approximate surface area is 112 Å². The monoisotopic (exact) mass is 261 g/mol. The van der Waals surface area contributed by atoms with Crippen molar-refractivity contribution in [2.75, 3.05) is 11.9 Å². The molecule has 2 rings (SSSR count). The van der Waals surface area contributed by atoms with Crippen LogP contribution in [0.5, 0.6) is 0 Å². The summed E-state index contributed by atoms with van der Waals surface area (Å²) in [5, 5.41) is 3.92. The zero-order valence-corrected chi connectivity index (χ0v) is 11.3. The van der Waals surface area contributed by atoms with Crippen molar-refractivity contribution in [1.82, 2.24) is 9.97 Å². The van der Waals surface area contributed by atoms with Crippen LogP contribution in [0.15, 0.2) is 30.3 Å². The number of hydrogen-bond donors (Lipinski definition) is 1. The molecule has 4 heteroatoms. The minimum Gasteiger partial charge on any atom is -0.370 e. The number of aryl methyl sites for hydroxylation is 1. The van der Waals surface area contributed by atoms with E-state index in [2.05, 4.69) is 22.2 Å². The summed E-state index contributed by atoms with van der Waals surface area (Å²) in [4.78, 5) is 9.04. The van der Waals surface area contributed by atoms with Crippen LogP contribution in [0.3, 0.4) is 0 Å². The fourth-order valence-electron chi connectivity index (χ4n) is 1.71. The second kappa shape index (κ2) is 5.83. The SMILES string of the molecule is CCNc1cc(CC)nc(-c2cccc(Cl)c2)n1. The van der Waals surface area contributed by atoms with Gasteiger partial charge in [0.15, 0.2) is 5.82 Å². The molecule has 0 aliphatic heterocycles. The van der Waals surface area contributed by atoms with Crippen molar-refractivity contribution in [3.05, 3.63) is 41.0 Å². The normalized spacial score (nSPS) is 10.4. The van der Waals surface area contributed by atoms with E-state index < -0.39 is 0 Å². The number of nitrogens with zero attached hydrogens (tertiary/aromatic N) is 2. The van der Waals surface area contributed by atoms with Crippen LogP contribution < -0.4 is 5.32 Å². The smallest absolute Gasteiger partial charge is 0.161 e. The van der Waals surface area contributed by atoms with E-state index in [1.807, 2.05) is 37.3 Å². The van der Waals surface area contributed by atoms with E-state index >= 15 is 0 Å². The Balaban J connectivity index is 2.46. The summed E-state index contributed by atoms with van der Waals surface area (Å²) in [7, 11) is 0. The minimum absolute atomic E-state index is 0.697. The summed E-state index contributed by atoms with van der Waals surface area (Å²) in [6.07, 6.45) is 0.883. The van der Waals surface area contributed by atoms with Crippen molar-refractivity contribution in [1.29, 1.82) is 0 Å². The molecule has 1 aromatic carbocycles. The van der Waals surface area contributed by atoms with E-state index in [4.69, 9.17) is 11.6 Å².